The molecular weight excluding hydrogens is 350 g/mol. The van der Waals surface area contributed by atoms with E-state index in [0.29, 0.717) is 13.1 Å². The zero-order valence-electron chi connectivity index (χ0n) is 15.7. The molecule has 0 saturated heterocycles. The molecule has 1 aliphatic heterocycles. The van der Waals surface area contributed by atoms with E-state index in [1.807, 2.05) is 41.4 Å². The van der Waals surface area contributed by atoms with Gasteiger partial charge in [-0.2, -0.15) is 5.10 Å². The molecule has 2 N–H and O–H groups in total. The van der Waals surface area contributed by atoms with Gasteiger partial charge in [0.25, 0.3) is 0 Å². The molecule has 2 amide bonds. The number of fused-ring (bicyclic) bond motifs is 3. The molecule has 3 aromatic rings. The smallest absolute Gasteiger partial charge is 0.320 e. The Balaban J connectivity index is 1.43. The standard InChI is InChI=1S/C22H23N5O/c28-22(24-17-9-5-2-6-10-17)27-12-11-18-16(14-27)13-23-21-19(18)20(25-26-21)15-7-3-1-4-8-15/h2,5-7,9-10,13H,1,3-4,8,11-12,14H2,(H,24,28)(H,23,25,26). The molecule has 0 bridgehead atoms. The van der Waals surface area contributed by atoms with Crippen molar-refractivity contribution in [3.63, 3.8) is 0 Å². The molecule has 1 aromatic carbocycles. The van der Waals surface area contributed by atoms with Crippen LogP contribution in [0.2, 0.25) is 0 Å². The number of aromatic amines is 1. The number of carbonyl (C=O) groups excluding carboxylic acids is 1. The summed E-state index contributed by atoms with van der Waals surface area (Å²) in [5, 5.41) is 11.8. The van der Waals surface area contributed by atoms with Gasteiger partial charge in [0.2, 0.25) is 0 Å². The number of urea groups is 1. The molecule has 2 aliphatic rings. The molecular formula is C22H23N5O. The van der Waals surface area contributed by atoms with Gasteiger partial charge in [0.15, 0.2) is 5.65 Å². The molecule has 142 valence electrons. The second-order valence-electron chi connectivity index (χ2n) is 7.50. The lowest BCUT2D eigenvalue weighted by Gasteiger charge is -2.29. The third-order valence-electron chi connectivity index (χ3n) is 5.70. The number of para-hydroxylation sites is 1. The second-order valence-corrected chi connectivity index (χ2v) is 7.50. The van der Waals surface area contributed by atoms with E-state index in [4.69, 9.17) is 0 Å². The molecule has 2 aromatic heterocycles. The van der Waals surface area contributed by atoms with Crippen LogP contribution in [-0.2, 0) is 13.0 Å². The highest BCUT2D eigenvalue weighted by Crippen LogP contribution is 2.34. The van der Waals surface area contributed by atoms with Crippen molar-refractivity contribution in [2.45, 2.75) is 38.6 Å². The SMILES string of the molecule is O=C(Nc1ccccc1)N1CCc2c(cnc3n[nH]c(C4=CCCCC4)c23)C1. The number of pyridine rings is 1. The first-order valence-electron chi connectivity index (χ1n) is 9.95. The number of H-pyrrole nitrogens is 1. The average Bonchev–Trinajstić information content (AvgIpc) is 3.19. The van der Waals surface area contributed by atoms with Crippen LogP contribution in [-0.4, -0.2) is 32.7 Å². The van der Waals surface area contributed by atoms with Crippen LogP contribution in [0.15, 0.2) is 42.6 Å². The molecule has 6 nitrogen and oxygen atoms in total. The highest BCUT2D eigenvalue weighted by molar-refractivity contribution is 5.93. The number of anilines is 1. The highest BCUT2D eigenvalue weighted by atomic mass is 16.2. The predicted octanol–water partition coefficient (Wildman–Crippen LogP) is 4.51. The van der Waals surface area contributed by atoms with E-state index in [-0.39, 0.29) is 6.03 Å². The number of amides is 2. The van der Waals surface area contributed by atoms with Crippen LogP contribution in [0.1, 0.15) is 42.5 Å². The van der Waals surface area contributed by atoms with E-state index < -0.39 is 0 Å². The Labute approximate surface area is 163 Å². The molecule has 28 heavy (non-hydrogen) atoms. The minimum absolute atomic E-state index is 0.0700. The number of rotatable bonds is 2. The van der Waals surface area contributed by atoms with E-state index >= 15 is 0 Å². The Morgan fingerprint density at radius 2 is 2.04 bits per heavy atom. The summed E-state index contributed by atoms with van der Waals surface area (Å²) >= 11 is 0. The van der Waals surface area contributed by atoms with Gasteiger partial charge in [-0.3, -0.25) is 5.10 Å². The number of hydrogen-bond donors (Lipinski definition) is 2. The van der Waals surface area contributed by atoms with Crippen LogP contribution in [0.3, 0.4) is 0 Å². The lowest BCUT2D eigenvalue weighted by Crippen LogP contribution is -2.39. The molecule has 0 saturated carbocycles. The largest absolute Gasteiger partial charge is 0.322 e. The van der Waals surface area contributed by atoms with Gasteiger partial charge in [0.1, 0.15) is 0 Å². The number of benzene rings is 1. The van der Waals surface area contributed by atoms with Crippen molar-refractivity contribution in [2.24, 2.45) is 0 Å². The normalized spacial score (nSPS) is 16.6. The number of aromatic nitrogens is 3. The number of hydrogen-bond acceptors (Lipinski definition) is 3. The maximum absolute atomic E-state index is 12.7. The van der Waals surface area contributed by atoms with Crippen LogP contribution in [0, 0.1) is 0 Å². The lowest BCUT2D eigenvalue weighted by molar-refractivity contribution is 0.206. The first kappa shape index (κ1) is 17.0. The summed E-state index contributed by atoms with van der Waals surface area (Å²) in [5.41, 5.74) is 6.47. The van der Waals surface area contributed by atoms with E-state index in [1.165, 1.54) is 24.0 Å². The molecule has 0 unspecified atom stereocenters. The Bertz CT molecular complexity index is 1050. The summed E-state index contributed by atoms with van der Waals surface area (Å²) in [6.07, 6.45) is 9.73. The minimum atomic E-state index is -0.0700. The van der Waals surface area contributed by atoms with Gasteiger partial charge in [0, 0.05) is 30.4 Å². The minimum Gasteiger partial charge on any atom is -0.320 e. The third-order valence-corrected chi connectivity index (χ3v) is 5.70. The maximum atomic E-state index is 12.7. The summed E-state index contributed by atoms with van der Waals surface area (Å²) < 4.78 is 0. The molecule has 6 heteroatoms. The van der Waals surface area contributed by atoms with Crippen LogP contribution in [0.4, 0.5) is 10.5 Å². The van der Waals surface area contributed by atoms with Gasteiger partial charge in [-0.05, 0) is 60.9 Å². The van der Waals surface area contributed by atoms with E-state index in [1.54, 1.807) is 0 Å². The van der Waals surface area contributed by atoms with Crippen molar-refractivity contribution in [2.75, 3.05) is 11.9 Å². The Kier molecular flexibility index (Phi) is 4.31. The first-order valence-corrected chi connectivity index (χ1v) is 9.95. The van der Waals surface area contributed by atoms with Crippen molar-refractivity contribution < 1.29 is 4.79 Å². The van der Waals surface area contributed by atoms with Gasteiger partial charge >= 0.3 is 6.03 Å². The van der Waals surface area contributed by atoms with Gasteiger partial charge in [-0.1, -0.05) is 24.3 Å². The van der Waals surface area contributed by atoms with Crippen molar-refractivity contribution in [3.8, 4) is 0 Å². The Morgan fingerprint density at radius 3 is 2.86 bits per heavy atom. The summed E-state index contributed by atoms with van der Waals surface area (Å²) in [4.78, 5) is 19.1. The fourth-order valence-electron chi connectivity index (χ4n) is 4.24. The molecule has 0 fully saturated rings. The summed E-state index contributed by atoms with van der Waals surface area (Å²) in [7, 11) is 0. The Hall–Kier alpha value is -3.15. The van der Waals surface area contributed by atoms with Gasteiger partial charge in [-0.25, -0.2) is 9.78 Å². The van der Waals surface area contributed by atoms with Gasteiger partial charge in [-0.15, -0.1) is 0 Å². The van der Waals surface area contributed by atoms with Crippen molar-refractivity contribution >= 4 is 28.3 Å². The monoisotopic (exact) mass is 373 g/mol. The zero-order chi connectivity index (χ0) is 18.9. The van der Waals surface area contributed by atoms with Gasteiger partial charge in [0.05, 0.1) is 5.69 Å². The number of allylic oxidation sites excluding steroid dienone is 2. The molecule has 0 atom stereocenters. The van der Waals surface area contributed by atoms with Crippen molar-refractivity contribution in [1.82, 2.24) is 20.1 Å². The maximum Gasteiger partial charge on any atom is 0.322 e. The van der Waals surface area contributed by atoms with Crippen LogP contribution in [0.25, 0.3) is 16.6 Å². The lowest BCUT2D eigenvalue weighted by atomic mass is 9.92. The van der Waals surface area contributed by atoms with Gasteiger partial charge < -0.3 is 10.2 Å². The first-order chi connectivity index (χ1) is 13.8. The van der Waals surface area contributed by atoms with Crippen LogP contribution in [0.5, 0.6) is 0 Å². The molecule has 5 rings (SSSR count). The topological polar surface area (TPSA) is 73.9 Å². The number of nitrogens with zero attached hydrogens (tertiary/aromatic N) is 3. The molecule has 3 heterocycles. The summed E-state index contributed by atoms with van der Waals surface area (Å²) in [5.74, 6) is 0. The van der Waals surface area contributed by atoms with Crippen LogP contribution >= 0.6 is 0 Å². The molecule has 1 aliphatic carbocycles. The van der Waals surface area contributed by atoms with E-state index in [2.05, 4.69) is 26.6 Å². The molecule has 0 spiro atoms. The van der Waals surface area contributed by atoms with E-state index in [9.17, 15) is 4.79 Å². The average molecular weight is 373 g/mol. The fraction of sp³-hybridized carbons (Fsp3) is 0.318. The van der Waals surface area contributed by atoms with Crippen molar-refractivity contribution in [3.05, 3.63) is 59.4 Å². The van der Waals surface area contributed by atoms with E-state index in [0.717, 1.165) is 47.2 Å². The van der Waals surface area contributed by atoms with Crippen LogP contribution < -0.4 is 5.32 Å². The predicted molar refractivity (Wildman–Crippen MR) is 110 cm³/mol. The fourth-order valence-corrected chi connectivity index (χ4v) is 4.24. The third kappa shape index (κ3) is 3.05. The summed E-state index contributed by atoms with van der Waals surface area (Å²) in [6, 6.07) is 9.50. The molecule has 0 radical (unpaired) electrons. The number of carbonyl (C=O) groups is 1. The summed E-state index contributed by atoms with van der Waals surface area (Å²) in [6.45, 7) is 1.26. The Morgan fingerprint density at radius 1 is 1.14 bits per heavy atom. The quantitative estimate of drug-likeness (QED) is 0.694. The highest BCUT2D eigenvalue weighted by Gasteiger charge is 2.25. The second kappa shape index (κ2) is 7.11. The van der Waals surface area contributed by atoms with Crippen molar-refractivity contribution in [1.29, 1.82) is 0 Å². The zero-order valence-corrected chi connectivity index (χ0v) is 15.7. The number of nitrogens with one attached hydrogen (secondary N) is 2.